The maximum Gasteiger partial charge on any atom is 0.291 e. The van der Waals surface area contributed by atoms with Crippen LogP contribution in [0.2, 0.25) is 0 Å². The van der Waals surface area contributed by atoms with Gasteiger partial charge in [0, 0.05) is 10.5 Å². The minimum atomic E-state index is -4.13. The standard InChI is InChI=1S/C20H19BrN2O3S2/c1-16(17-8-4-2-5-9-17)22-27(24,19-14-12-18(21)13-15-19)23-28(25,26)20-10-6-3-7-11-20/h2-16H,1H3,(H,22,23,24). The van der Waals surface area contributed by atoms with E-state index in [1.807, 2.05) is 37.3 Å². The van der Waals surface area contributed by atoms with Crippen LogP contribution in [0, 0.1) is 0 Å². The number of sulfonamides is 1. The number of rotatable bonds is 6. The Kier molecular flexibility index (Phi) is 6.34. The van der Waals surface area contributed by atoms with Gasteiger partial charge in [-0.2, -0.15) is 8.42 Å². The van der Waals surface area contributed by atoms with Gasteiger partial charge in [-0.25, -0.2) is 8.93 Å². The summed E-state index contributed by atoms with van der Waals surface area (Å²) >= 11 is 3.34. The van der Waals surface area contributed by atoms with E-state index in [2.05, 4.69) is 24.4 Å². The summed E-state index contributed by atoms with van der Waals surface area (Å²) in [6.45, 7) is 1.82. The Labute approximate surface area is 174 Å². The molecule has 8 heteroatoms. The van der Waals surface area contributed by atoms with Crippen LogP contribution in [0.5, 0.6) is 0 Å². The van der Waals surface area contributed by atoms with Gasteiger partial charge in [-0.15, -0.1) is 0 Å². The third-order valence-corrected chi connectivity index (χ3v) is 8.62. The van der Waals surface area contributed by atoms with Crippen molar-refractivity contribution in [2.75, 3.05) is 0 Å². The molecule has 0 bridgehead atoms. The summed E-state index contributed by atoms with van der Waals surface area (Å²) < 4.78 is 47.0. The summed E-state index contributed by atoms with van der Waals surface area (Å²) in [7, 11) is -7.60. The van der Waals surface area contributed by atoms with Gasteiger partial charge in [-0.1, -0.05) is 68.2 Å². The summed E-state index contributed by atoms with van der Waals surface area (Å²) in [5.74, 6) is 0. The van der Waals surface area contributed by atoms with E-state index in [0.29, 0.717) is 0 Å². The van der Waals surface area contributed by atoms with Crippen molar-refractivity contribution in [3.05, 3.63) is 95.0 Å². The molecule has 28 heavy (non-hydrogen) atoms. The highest BCUT2D eigenvalue weighted by atomic mass is 79.9. The molecule has 0 aliphatic heterocycles. The highest BCUT2D eigenvalue weighted by Crippen LogP contribution is 2.23. The summed E-state index contributed by atoms with van der Waals surface area (Å²) in [5, 5.41) is 0. The van der Waals surface area contributed by atoms with E-state index in [4.69, 9.17) is 0 Å². The molecule has 0 saturated heterocycles. The van der Waals surface area contributed by atoms with Gasteiger partial charge >= 0.3 is 0 Å². The lowest BCUT2D eigenvalue weighted by Gasteiger charge is -2.18. The monoisotopic (exact) mass is 478 g/mol. The molecule has 2 unspecified atom stereocenters. The molecule has 3 aromatic rings. The molecule has 1 N–H and O–H groups in total. The second kappa shape index (κ2) is 8.57. The Balaban J connectivity index is 2.12. The van der Waals surface area contributed by atoms with Gasteiger partial charge in [0.15, 0.2) is 9.92 Å². The molecule has 3 rings (SSSR count). The Morgan fingerprint density at radius 3 is 1.89 bits per heavy atom. The van der Waals surface area contributed by atoms with Crippen LogP contribution in [-0.2, 0) is 19.9 Å². The second-order valence-electron chi connectivity index (χ2n) is 6.09. The number of hydrogen-bond acceptors (Lipinski definition) is 3. The molecule has 0 heterocycles. The maximum atomic E-state index is 13.8. The van der Waals surface area contributed by atoms with Crippen LogP contribution in [0.4, 0.5) is 0 Å². The van der Waals surface area contributed by atoms with E-state index in [0.717, 1.165) is 10.0 Å². The molecule has 0 fully saturated rings. The lowest BCUT2D eigenvalue weighted by Crippen LogP contribution is -2.27. The van der Waals surface area contributed by atoms with E-state index >= 15 is 0 Å². The van der Waals surface area contributed by atoms with E-state index in [-0.39, 0.29) is 15.8 Å². The molecule has 2 atom stereocenters. The molecule has 0 saturated carbocycles. The summed E-state index contributed by atoms with van der Waals surface area (Å²) in [4.78, 5) is 0.284. The second-order valence-corrected chi connectivity index (χ2v) is 10.8. The molecule has 146 valence electrons. The van der Waals surface area contributed by atoms with Crippen molar-refractivity contribution in [1.82, 2.24) is 4.72 Å². The fourth-order valence-electron chi connectivity index (χ4n) is 2.57. The third kappa shape index (κ3) is 4.88. The zero-order valence-corrected chi connectivity index (χ0v) is 18.2. The minimum Gasteiger partial charge on any atom is -0.228 e. The molecule has 0 aromatic heterocycles. The normalized spacial score (nSPS) is 14.8. The third-order valence-electron chi connectivity index (χ3n) is 4.01. The van der Waals surface area contributed by atoms with Gasteiger partial charge in [0.2, 0.25) is 0 Å². The zero-order chi connectivity index (χ0) is 20.2. The molecule has 0 amide bonds. The molecule has 0 aliphatic rings. The highest BCUT2D eigenvalue weighted by molar-refractivity contribution is 9.10. The molecule has 3 aromatic carbocycles. The van der Waals surface area contributed by atoms with E-state index in [1.54, 1.807) is 42.5 Å². The van der Waals surface area contributed by atoms with Crippen molar-refractivity contribution < 1.29 is 12.6 Å². The van der Waals surface area contributed by atoms with Crippen LogP contribution in [0.3, 0.4) is 0 Å². The van der Waals surface area contributed by atoms with Gasteiger partial charge in [0.05, 0.1) is 9.79 Å². The molecule has 5 nitrogen and oxygen atoms in total. The van der Waals surface area contributed by atoms with Crippen LogP contribution in [0.1, 0.15) is 18.5 Å². The average Bonchev–Trinajstić information content (AvgIpc) is 2.69. The van der Waals surface area contributed by atoms with Gasteiger partial charge in [-0.3, -0.25) is 0 Å². The predicted molar refractivity (Wildman–Crippen MR) is 115 cm³/mol. The molecule has 0 radical (unpaired) electrons. The predicted octanol–water partition coefficient (Wildman–Crippen LogP) is 4.93. The molecular formula is C20H19BrN2O3S2. The smallest absolute Gasteiger partial charge is 0.228 e. The average molecular weight is 479 g/mol. The molecule has 0 aliphatic carbocycles. The largest absolute Gasteiger partial charge is 0.291 e. The molecule has 0 spiro atoms. The first kappa shape index (κ1) is 20.7. The first-order valence-electron chi connectivity index (χ1n) is 8.46. The van der Waals surface area contributed by atoms with Crippen molar-refractivity contribution >= 4 is 35.9 Å². The van der Waals surface area contributed by atoms with Crippen molar-refractivity contribution in [3.8, 4) is 0 Å². The van der Waals surface area contributed by atoms with Gasteiger partial charge in [-0.05, 0) is 48.9 Å². The van der Waals surface area contributed by atoms with Crippen LogP contribution in [0.15, 0.2) is 103 Å². The summed E-state index contributed by atoms with van der Waals surface area (Å²) in [6, 6.07) is 23.4. The number of nitrogens with zero attached hydrogens (tertiary/aromatic N) is 1. The topological polar surface area (TPSA) is 75.6 Å². The fraction of sp³-hybridized carbons (Fsp3) is 0.100. The summed E-state index contributed by atoms with van der Waals surface area (Å²) in [6.07, 6.45) is 0. The zero-order valence-electron chi connectivity index (χ0n) is 15.0. The quantitative estimate of drug-likeness (QED) is 0.545. The fourth-order valence-corrected chi connectivity index (χ4v) is 6.56. The van der Waals surface area contributed by atoms with Gasteiger partial charge < -0.3 is 0 Å². The van der Waals surface area contributed by atoms with Crippen molar-refractivity contribution in [3.63, 3.8) is 0 Å². The Bertz CT molecular complexity index is 1160. The number of nitrogens with one attached hydrogen (secondary N) is 1. The van der Waals surface area contributed by atoms with E-state index in [1.165, 1.54) is 12.1 Å². The summed E-state index contributed by atoms with van der Waals surface area (Å²) in [5.41, 5.74) is 0.875. The van der Waals surface area contributed by atoms with Gasteiger partial charge in [0.25, 0.3) is 10.0 Å². The lowest BCUT2D eigenvalue weighted by molar-refractivity contribution is 0.597. The van der Waals surface area contributed by atoms with Gasteiger partial charge in [0.1, 0.15) is 0 Å². The SMILES string of the molecule is CC(NS(=O)(=NS(=O)(=O)c1ccccc1)c1ccc(Br)cc1)c1ccccc1. The van der Waals surface area contributed by atoms with Crippen LogP contribution < -0.4 is 4.72 Å². The number of benzene rings is 3. The maximum absolute atomic E-state index is 13.8. The van der Waals surface area contributed by atoms with Crippen molar-refractivity contribution in [1.29, 1.82) is 0 Å². The van der Waals surface area contributed by atoms with E-state index in [9.17, 15) is 12.6 Å². The van der Waals surface area contributed by atoms with E-state index < -0.39 is 19.9 Å². The van der Waals surface area contributed by atoms with Crippen molar-refractivity contribution in [2.24, 2.45) is 3.77 Å². The Morgan fingerprint density at radius 1 is 0.786 bits per heavy atom. The number of hydrogen-bond donors (Lipinski definition) is 1. The minimum absolute atomic E-state index is 0.00555. The van der Waals surface area contributed by atoms with Crippen LogP contribution in [0.25, 0.3) is 0 Å². The first-order chi connectivity index (χ1) is 13.3. The van der Waals surface area contributed by atoms with Crippen LogP contribution in [-0.4, -0.2) is 12.6 Å². The highest BCUT2D eigenvalue weighted by Gasteiger charge is 2.23. The Morgan fingerprint density at radius 2 is 1.32 bits per heavy atom. The van der Waals surface area contributed by atoms with Crippen LogP contribution >= 0.6 is 15.9 Å². The number of halogens is 1. The first-order valence-corrected chi connectivity index (χ1v) is 12.2. The molecular weight excluding hydrogens is 460 g/mol. The lowest BCUT2D eigenvalue weighted by atomic mass is 10.1. The van der Waals surface area contributed by atoms with Crippen molar-refractivity contribution in [2.45, 2.75) is 22.8 Å². The Hall–Kier alpha value is -2.00.